The fourth-order valence-electron chi connectivity index (χ4n) is 2.10. The molecule has 0 aromatic heterocycles. The summed E-state index contributed by atoms with van der Waals surface area (Å²) in [7, 11) is 0. The van der Waals surface area contributed by atoms with Gasteiger partial charge in [0.15, 0.2) is 5.78 Å². The topological polar surface area (TPSA) is 17.1 Å². The maximum Gasteiger partial charge on any atom is 0.187 e. The standard InChI is InChI=1S/C15H9ClO/c16-11-6-7-12-13(9-15(17)14(12)8-11)10-4-2-1-3-5-10/h1-9H. The third-order valence-electron chi connectivity index (χ3n) is 2.90. The van der Waals surface area contributed by atoms with Crippen molar-refractivity contribution in [3.8, 4) is 0 Å². The van der Waals surface area contributed by atoms with E-state index in [4.69, 9.17) is 11.6 Å². The summed E-state index contributed by atoms with van der Waals surface area (Å²) >= 11 is 5.91. The molecule has 0 atom stereocenters. The van der Waals surface area contributed by atoms with Gasteiger partial charge in [-0.1, -0.05) is 48.0 Å². The Morgan fingerprint density at radius 1 is 0.882 bits per heavy atom. The summed E-state index contributed by atoms with van der Waals surface area (Å²) in [5, 5.41) is 0.597. The van der Waals surface area contributed by atoms with Gasteiger partial charge in [-0.15, -0.1) is 0 Å². The molecule has 0 saturated heterocycles. The fourth-order valence-corrected chi connectivity index (χ4v) is 2.27. The number of fused-ring (bicyclic) bond motifs is 1. The zero-order valence-corrected chi connectivity index (χ0v) is 9.74. The Kier molecular flexibility index (Phi) is 2.34. The second-order valence-electron chi connectivity index (χ2n) is 3.98. The highest BCUT2D eigenvalue weighted by molar-refractivity contribution is 6.31. The van der Waals surface area contributed by atoms with E-state index >= 15 is 0 Å². The van der Waals surface area contributed by atoms with Crippen molar-refractivity contribution in [3.63, 3.8) is 0 Å². The van der Waals surface area contributed by atoms with Crippen molar-refractivity contribution in [1.82, 2.24) is 0 Å². The highest BCUT2D eigenvalue weighted by atomic mass is 35.5. The van der Waals surface area contributed by atoms with Gasteiger partial charge in [0.25, 0.3) is 0 Å². The molecule has 0 N–H and O–H groups in total. The van der Waals surface area contributed by atoms with Crippen LogP contribution in [0.3, 0.4) is 0 Å². The minimum Gasteiger partial charge on any atom is -0.289 e. The second kappa shape index (κ2) is 3.86. The molecule has 1 nitrogen and oxygen atoms in total. The minimum atomic E-state index is 0.0290. The zero-order chi connectivity index (χ0) is 11.8. The summed E-state index contributed by atoms with van der Waals surface area (Å²) < 4.78 is 0. The fraction of sp³-hybridized carbons (Fsp3) is 0. The Balaban J connectivity index is 2.18. The summed E-state index contributed by atoms with van der Waals surface area (Å²) in [6.07, 6.45) is 1.68. The molecule has 2 aromatic carbocycles. The Labute approximate surface area is 104 Å². The lowest BCUT2D eigenvalue weighted by atomic mass is 9.99. The average molecular weight is 241 g/mol. The zero-order valence-electron chi connectivity index (χ0n) is 8.98. The Bertz CT molecular complexity index is 627. The van der Waals surface area contributed by atoms with E-state index in [-0.39, 0.29) is 5.78 Å². The molecule has 82 valence electrons. The molecule has 3 rings (SSSR count). The van der Waals surface area contributed by atoms with Crippen molar-refractivity contribution in [2.75, 3.05) is 0 Å². The van der Waals surface area contributed by atoms with Gasteiger partial charge in [-0.25, -0.2) is 0 Å². The van der Waals surface area contributed by atoms with Crippen molar-refractivity contribution in [2.24, 2.45) is 0 Å². The van der Waals surface area contributed by atoms with Gasteiger partial charge >= 0.3 is 0 Å². The van der Waals surface area contributed by atoms with Crippen LogP contribution in [-0.4, -0.2) is 5.78 Å². The monoisotopic (exact) mass is 240 g/mol. The molecule has 0 fully saturated rings. The molecule has 0 bridgehead atoms. The number of benzene rings is 2. The van der Waals surface area contributed by atoms with Gasteiger partial charge in [-0.3, -0.25) is 4.79 Å². The maximum absolute atomic E-state index is 11.9. The molecule has 0 spiro atoms. The molecule has 0 heterocycles. The molecular weight excluding hydrogens is 232 g/mol. The average Bonchev–Trinajstić information content (AvgIpc) is 2.68. The number of carbonyl (C=O) groups is 1. The molecule has 2 aromatic rings. The van der Waals surface area contributed by atoms with E-state index in [0.29, 0.717) is 10.6 Å². The van der Waals surface area contributed by atoms with Crippen LogP contribution in [0.5, 0.6) is 0 Å². The highest BCUT2D eigenvalue weighted by Crippen LogP contribution is 2.33. The number of allylic oxidation sites excluding steroid dienone is 1. The van der Waals surface area contributed by atoms with Crippen LogP contribution in [0.15, 0.2) is 54.6 Å². The molecule has 0 amide bonds. The molecule has 1 aliphatic carbocycles. The normalized spacial score (nSPS) is 13.5. The van der Waals surface area contributed by atoms with E-state index in [1.165, 1.54) is 0 Å². The second-order valence-corrected chi connectivity index (χ2v) is 4.41. The Hall–Kier alpha value is -1.86. The number of hydrogen-bond acceptors (Lipinski definition) is 1. The lowest BCUT2D eigenvalue weighted by molar-refractivity contribution is 0.105. The van der Waals surface area contributed by atoms with E-state index < -0.39 is 0 Å². The number of rotatable bonds is 1. The Morgan fingerprint density at radius 3 is 2.41 bits per heavy atom. The summed E-state index contributed by atoms with van der Waals surface area (Å²) in [5.41, 5.74) is 3.69. The predicted octanol–water partition coefficient (Wildman–Crippen LogP) is 3.97. The molecule has 0 saturated carbocycles. The first-order valence-electron chi connectivity index (χ1n) is 5.37. The highest BCUT2D eigenvalue weighted by Gasteiger charge is 2.21. The predicted molar refractivity (Wildman–Crippen MR) is 69.3 cm³/mol. The van der Waals surface area contributed by atoms with E-state index in [1.807, 2.05) is 42.5 Å². The van der Waals surface area contributed by atoms with Crippen LogP contribution >= 0.6 is 11.6 Å². The number of halogens is 1. The molecule has 1 aliphatic rings. The molecule has 0 radical (unpaired) electrons. The third kappa shape index (κ3) is 1.69. The van der Waals surface area contributed by atoms with Gasteiger partial charge in [0, 0.05) is 10.6 Å². The van der Waals surface area contributed by atoms with Gasteiger partial charge in [-0.05, 0) is 34.9 Å². The first kappa shape index (κ1) is 10.3. The summed E-state index contributed by atoms with van der Waals surface area (Å²) in [5.74, 6) is 0.0290. The smallest absolute Gasteiger partial charge is 0.187 e. The summed E-state index contributed by atoms with van der Waals surface area (Å²) in [4.78, 5) is 11.9. The molecule has 2 heteroatoms. The number of hydrogen-bond donors (Lipinski definition) is 0. The first-order chi connectivity index (χ1) is 8.25. The van der Waals surface area contributed by atoms with Gasteiger partial charge in [0.05, 0.1) is 0 Å². The third-order valence-corrected chi connectivity index (χ3v) is 3.13. The molecular formula is C15H9ClO. The maximum atomic E-state index is 11.9. The summed E-state index contributed by atoms with van der Waals surface area (Å²) in [6.45, 7) is 0. The van der Waals surface area contributed by atoms with Crippen LogP contribution in [0.2, 0.25) is 5.02 Å². The minimum absolute atomic E-state index is 0.0290. The first-order valence-corrected chi connectivity index (χ1v) is 5.75. The van der Waals surface area contributed by atoms with Crippen LogP contribution in [0, 0.1) is 0 Å². The van der Waals surface area contributed by atoms with Crippen LogP contribution in [0.25, 0.3) is 5.57 Å². The lowest BCUT2D eigenvalue weighted by Gasteiger charge is -2.05. The van der Waals surface area contributed by atoms with Crippen LogP contribution < -0.4 is 0 Å². The quantitative estimate of drug-likeness (QED) is 0.737. The van der Waals surface area contributed by atoms with Crippen molar-refractivity contribution in [2.45, 2.75) is 0 Å². The summed E-state index contributed by atoms with van der Waals surface area (Å²) in [6, 6.07) is 15.3. The number of ketones is 1. The van der Waals surface area contributed by atoms with Gasteiger partial charge < -0.3 is 0 Å². The van der Waals surface area contributed by atoms with E-state index in [9.17, 15) is 4.79 Å². The van der Waals surface area contributed by atoms with E-state index in [2.05, 4.69) is 0 Å². The number of carbonyl (C=O) groups excluding carboxylic acids is 1. The van der Waals surface area contributed by atoms with Crippen molar-refractivity contribution >= 4 is 23.0 Å². The molecule has 0 aliphatic heterocycles. The van der Waals surface area contributed by atoms with Crippen LogP contribution in [0.1, 0.15) is 21.5 Å². The van der Waals surface area contributed by atoms with Crippen molar-refractivity contribution in [3.05, 3.63) is 76.3 Å². The largest absolute Gasteiger partial charge is 0.289 e. The molecule has 17 heavy (non-hydrogen) atoms. The van der Waals surface area contributed by atoms with E-state index in [1.54, 1.807) is 12.1 Å². The van der Waals surface area contributed by atoms with Gasteiger partial charge in [0.1, 0.15) is 0 Å². The van der Waals surface area contributed by atoms with Gasteiger partial charge in [0.2, 0.25) is 0 Å². The van der Waals surface area contributed by atoms with Crippen LogP contribution in [0.4, 0.5) is 0 Å². The van der Waals surface area contributed by atoms with Crippen LogP contribution in [-0.2, 0) is 0 Å². The Morgan fingerprint density at radius 2 is 1.65 bits per heavy atom. The van der Waals surface area contributed by atoms with Crippen molar-refractivity contribution in [1.29, 1.82) is 0 Å². The van der Waals surface area contributed by atoms with Crippen molar-refractivity contribution < 1.29 is 4.79 Å². The van der Waals surface area contributed by atoms with Gasteiger partial charge in [-0.2, -0.15) is 0 Å². The SMILES string of the molecule is O=C1C=C(c2ccccc2)c2ccc(Cl)cc21. The lowest BCUT2D eigenvalue weighted by Crippen LogP contribution is -1.91. The molecule has 0 unspecified atom stereocenters. The van der Waals surface area contributed by atoms with E-state index in [0.717, 1.165) is 16.7 Å².